The second kappa shape index (κ2) is 4.23. The first kappa shape index (κ1) is 9.99. The third-order valence-corrected chi connectivity index (χ3v) is 2.21. The molecule has 1 rings (SSSR count). The van der Waals surface area contributed by atoms with Crippen LogP contribution in [-0.4, -0.2) is 5.91 Å². The number of halogens is 1. The van der Waals surface area contributed by atoms with Gasteiger partial charge in [-0.3, -0.25) is 4.79 Å². The number of hydrogen-bond acceptors (Lipinski definition) is 1. The fourth-order valence-electron chi connectivity index (χ4n) is 0.936. The van der Waals surface area contributed by atoms with Crippen LogP contribution >= 0.6 is 15.9 Å². The minimum atomic E-state index is -0.442. The molecule has 0 saturated heterocycles. The number of benzene rings is 1. The fourth-order valence-corrected chi connectivity index (χ4v) is 1.20. The number of amides is 1. The van der Waals surface area contributed by atoms with E-state index in [1.165, 1.54) is 0 Å². The molecule has 0 aliphatic heterocycles. The van der Waals surface area contributed by atoms with Crippen molar-refractivity contribution in [2.75, 3.05) is 0 Å². The summed E-state index contributed by atoms with van der Waals surface area (Å²) < 4.78 is 1.01. The highest BCUT2D eigenvalue weighted by atomic mass is 79.9. The van der Waals surface area contributed by atoms with Gasteiger partial charge in [0.1, 0.15) is 0 Å². The Hall–Kier alpha value is -1.09. The van der Waals surface area contributed by atoms with Gasteiger partial charge in [0.05, 0.1) is 0 Å². The highest BCUT2D eigenvalue weighted by molar-refractivity contribution is 9.10. The minimum absolute atomic E-state index is 0.433. The maximum atomic E-state index is 10.7. The van der Waals surface area contributed by atoms with Crippen LogP contribution in [-0.2, 0) is 11.2 Å². The summed E-state index contributed by atoms with van der Waals surface area (Å²) in [7, 11) is 0. The normalized spacial score (nSPS) is 9.62. The van der Waals surface area contributed by atoms with Gasteiger partial charge in [0.2, 0.25) is 5.91 Å². The third-order valence-electron chi connectivity index (χ3n) is 1.68. The van der Waals surface area contributed by atoms with E-state index < -0.39 is 5.91 Å². The Morgan fingerprint density at radius 3 is 2.38 bits per heavy atom. The molecular weight excluding hydrogens is 230 g/mol. The van der Waals surface area contributed by atoms with Crippen LogP contribution in [0.1, 0.15) is 5.56 Å². The second-order valence-corrected chi connectivity index (χ2v) is 3.69. The Morgan fingerprint density at radius 2 is 1.92 bits per heavy atom. The molecule has 13 heavy (non-hydrogen) atoms. The number of primary amides is 1. The number of nitrogens with two attached hydrogens (primary N) is 1. The Bertz CT molecular complexity index is 329. The molecule has 2 N–H and O–H groups in total. The maximum Gasteiger partial charge on any atom is 0.244 e. The fraction of sp³-hybridized carbons (Fsp3) is 0.100. The van der Waals surface area contributed by atoms with E-state index in [1.807, 2.05) is 24.3 Å². The number of carbonyl (C=O) groups excluding carboxylic acids is 1. The Kier molecular flexibility index (Phi) is 3.25. The van der Waals surface area contributed by atoms with Crippen molar-refractivity contribution in [1.29, 1.82) is 0 Å². The molecule has 0 aliphatic carbocycles. The predicted molar refractivity (Wildman–Crippen MR) is 56.2 cm³/mol. The average Bonchev–Trinajstić information content (AvgIpc) is 2.08. The highest BCUT2D eigenvalue weighted by Crippen LogP contribution is 2.12. The van der Waals surface area contributed by atoms with Gasteiger partial charge in [-0.15, -0.1) is 0 Å². The molecule has 68 valence electrons. The second-order valence-electron chi connectivity index (χ2n) is 2.77. The van der Waals surface area contributed by atoms with Crippen LogP contribution in [0.25, 0.3) is 0 Å². The summed E-state index contributed by atoms with van der Waals surface area (Å²) >= 11 is 3.33. The molecule has 0 unspecified atom stereocenters. The van der Waals surface area contributed by atoms with E-state index in [2.05, 4.69) is 22.5 Å². The highest BCUT2D eigenvalue weighted by Gasteiger charge is 2.02. The first-order valence-corrected chi connectivity index (χ1v) is 4.61. The largest absolute Gasteiger partial charge is 0.366 e. The zero-order valence-corrected chi connectivity index (χ0v) is 8.67. The van der Waals surface area contributed by atoms with Crippen LogP contribution in [0.2, 0.25) is 0 Å². The molecule has 0 heterocycles. The van der Waals surface area contributed by atoms with E-state index in [4.69, 9.17) is 5.73 Å². The minimum Gasteiger partial charge on any atom is -0.366 e. The average molecular weight is 240 g/mol. The molecule has 0 bridgehead atoms. The Morgan fingerprint density at radius 1 is 1.38 bits per heavy atom. The van der Waals surface area contributed by atoms with Crippen LogP contribution < -0.4 is 5.73 Å². The quantitative estimate of drug-likeness (QED) is 0.807. The van der Waals surface area contributed by atoms with E-state index in [0.717, 1.165) is 10.0 Å². The topological polar surface area (TPSA) is 43.1 Å². The molecular formula is C10H10BrNO. The van der Waals surface area contributed by atoms with Gasteiger partial charge in [-0.2, -0.15) is 0 Å². The maximum absolute atomic E-state index is 10.7. The van der Waals surface area contributed by atoms with Crippen molar-refractivity contribution < 1.29 is 4.79 Å². The molecule has 0 atom stereocenters. The molecule has 0 aromatic heterocycles. The lowest BCUT2D eigenvalue weighted by atomic mass is 10.1. The summed E-state index contributed by atoms with van der Waals surface area (Å²) in [6, 6.07) is 7.70. The smallest absolute Gasteiger partial charge is 0.244 e. The molecule has 0 fully saturated rings. The summed E-state index contributed by atoms with van der Waals surface area (Å²) in [5.74, 6) is -0.442. The summed E-state index contributed by atoms with van der Waals surface area (Å²) in [6.07, 6.45) is 0.516. The van der Waals surface area contributed by atoms with Crippen LogP contribution in [0, 0.1) is 0 Å². The van der Waals surface area contributed by atoms with Crippen molar-refractivity contribution >= 4 is 21.8 Å². The molecule has 0 spiro atoms. The van der Waals surface area contributed by atoms with E-state index in [1.54, 1.807) is 0 Å². The van der Waals surface area contributed by atoms with Crippen LogP contribution in [0.3, 0.4) is 0 Å². The van der Waals surface area contributed by atoms with Gasteiger partial charge in [-0.1, -0.05) is 34.6 Å². The predicted octanol–water partition coefficient (Wildman–Crippen LogP) is 2.03. The standard InChI is InChI=1S/C10H10BrNO/c1-7(10(12)13)6-8-2-4-9(11)5-3-8/h2-5H,1,6H2,(H2,12,13). The van der Waals surface area contributed by atoms with Crippen molar-refractivity contribution in [2.24, 2.45) is 5.73 Å². The first-order chi connectivity index (χ1) is 6.09. The lowest BCUT2D eigenvalue weighted by Crippen LogP contribution is -2.14. The van der Waals surface area contributed by atoms with Crippen LogP contribution in [0.4, 0.5) is 0 Å². The number of hydrogen-bond donors (Lipinski definition) is 1. The molecule has 2 nitrogen and oxygen atoms in total. The molecule has 0 aliphatic rings. The van der Waals surface area contributed by atoms with Crippen LogP contribution in [0.5, 0.6) is 0 Å². The monoisotopic (exact) mass is 239 g/mol. The third kappa shape index (κ3) is 3.03. The molecule has 0 saturated carbocycles. The van der Waals surface area contributed by atoms with Gasteiger partial charge in [0.15, 0.2) is 0 Å². The van der Waals surface area contributed by atoms with E-state index in [-0.39, 0.29) is 0 Å². The lowest BCUT2D eigenvalue weighted by molar-refractivity contribution is -0.114. The van der Waals surface area contributed by atoms with E-state index >= 15 is 0 Å². The van der Waals surface area contributed by atoms with Gasteiger partial charge < -0.3 is 5.73 Å². The van der Waals surface area contributed by atoms with Gasteiger partial charge in [-0.05, 0) is 17.7 Å². The van der Waals surface area contributed by atoms with Crippen LogP contribution in [0.15, 0.2) is 40.9 Å². The van der Waals surface area contributed by atoms with Crippen molar-refractivity contribution in [3.05, 3.63) is 46.5 Å². The van der Waals surface area contributed by atoms with Gasteiger partial charge in [0, 0.05) is 16.5 Å². The Balaban J connectivity index is 2.70. The van der Waals surface area contributed by atoms with Crippen molar-refractivity contribution in [3.8, 4) is 0 Å². The summed E-state index contributed by atoms with van der Waals surface area (Å²) in [4.78, 5) is 10.7. The molecule has 1 aromatic rings. The number of rotatable bonds is 3. The van der Waals surface area contributed by atoms with Crippen molar-refractivity contribution in [3.63, 3.8) is 0 Å². The van der Waals surface area contributed by atoms with Gasteiger partial charge in [-0.25, -0.2) is 0 Å². The van der Waals surface area contributed by atoms with Gasteiger partial charge >= 0.3 is 0 Å². The van der Waals surface area contributed by atoms with E-state index in [9.17, 15) is 4.79 Å². The van der Waals surface area contributed by atoms with Gasteiger partial charge in [0.25, 0.3) is 0 Å². The first-order valence-electron chi connectivity index (χ1n) is 3.81. The summed E-state index contributed by atoms with van der Waals surface area (Å²) in [5, 5.41) is 0. The summed E-state index contributed by atoms with van der Waals surface area (Å²) in [6.45, 7) is 3.59. The zero-order valence-electron chi connectivity index (χ0n) is 7.09. The van der Waals surface area contributed by atoms with Crippen molar-refractivity contribution in [2.45, 2.75) is 6.42 Å². The van der Waals surface area contributed by atoms with E-state index in [0.29, 0.717) is 12.0 Å². The molecule has 0 radical (unpaired) electrons. The Labute approximate surface area is 85.6 Å². The number of carbonyl (C=O) groups is 1. The molecule has 1 amide bonds. The molecule has 3 heteroatoms. The lowest BCUT2D eigenvalue weighted by Gasteiger charge is -2.01. The zero-order chi connectivity index (χ0) is 9.84. The van der Waals surface area contributed by atoms with Crippen molar-refractivity contribution in [1.82, 2.24) is 0 Å². The summed E-state index contributed by atoms with van der Waals surface area (Å²) in [5.41, 5.74) is 6.53. The SMILES string of the molecule is C=C(Cc1ccc(Br)cc1)C(N)=O. The molecule has 1 aromatic carbocycles.